The van der Waals surface area contributed by atoms with E-state index in [1.54, 1.807) is 18.2 Å². The van der Waals surface area contributed by atoms with Crippen molar-refractivity contribution in [2.45, 2.75) is 11.2 Å². The first-order valence-electron chi connectivity index (χ1n) is 5.79. The average molecular weight is 450 g/mol. The first-order chi connectivity index (χ1) is 9.47. The van der Waals surface area contributed by atoms with Crippen LogP contribution in [-0.4, -0.2) is 4.92 Å². The molecular weight excluding hydrogens is 440 g/mol. The van der Waals surface area contributed by atoms with Gasteiger partial charge in [0.15, 0.2) is 0 Å². The molecule has 0 fully saturated rings. The minimum absolute atomic E-state index is 0.0384. The van der Waals surface area contributed by atoms with Gasteiger partial charge in [-0.1, -0.05) is 34.1 Å². The number of non-ortho nitro benzene ring substituents is 1. The van der Waals surface area contributed by atoms with Crippen LogP contribution in [0.2, 0.25) is 0 Å². The Kier molecular flexibility index (Phi) is 5.09. The van der Waals surface area contributed by atoms with Gasteiger partial charge in [0.2, 0.25) is 0 Å². The zero-order valence-corrected chi connectivity index (χ0v) is 14.0. The van der Waals surface area contributed by atoms with Gasteiger partial charge in [-0.3, -0.25) is 10.1 Å². The summed E-state index contributed by atoms with van der Waals surface area (Å²) in [6.45, 7) is 0. The van der Waals surface area contributed by atoms with Crippen molar-refractivity contribution in [3.05, 3.63) is 73.1 Å². The summed E-state index contributed by atoms with van der Waals surface area (Å²) in [6.07, 6.45) is 0.680. The average Bonchev–Trinajstić information content (AvgIpc) is 2.39. The molecule has 6 heteroatoms. The summed E-state index contributed by atoms with van der Waals surface area (Å²) in [4.78, 5) is 10.2. The fourth-order valence-electron chi connectivity index (χ4n) is 1.83. The highest BCUT2D eigenvalue weighted by Crippen LogP contribution is 2.31. The quantitative estimate of drug-likeness (QED) is 0.285. The van der Waals surface area contributed by atoms with Crippen LogP contribution in [-0.2, 0) is 6.42 Å². The van der Waals surface area contributed by atoms with Gasteiger partial charge in [-0.25, -0.2) is 4.39 Å². The Bertz CT molecular complexity index is 634. The molecule has 0 amide bonds. The molecule has 3 nitrogen and oxygen atoms in total. The maximum Gasteiger partial charge on any atom is 0.269 e. The number of halogens is 3. The van der Waals surface area contributed by atoms with E-state index < -0.39 is 4.92 Å². The minimum Gasteiger partial charge on any atom is -0.258 e. The van der Waals surface area contributed by atoms with Gasteiger partial charge in [-0.2, -0.15) is 0 Å². The molecule has 0 N–H and O–H groups in total. The third-order valence-electron chi connectivity index (χ3n) is 2.86. The number of alkyl halides is 1. The molecule has 2 rings (SSSR count). The zero-order chi connectivity index (χ0) is 14.7. The molecule has 1 atom stereocenters. The summed E-state index contributed by atoms with van der Waals surface area (Å²) < 4.78 is 13.9. The molecule has 0 heterocycles. The fourth-order valence-corrected chi connectivity index (χ4v) is 3.88. The number of nitro groups is 1. The van der Waals surface area contributed by atoms with Gasteiger partial charge in [0.1, 0.15) is 5.82 Å². The molecular formula is C14H10BrFINO2. The zero-order valence-electron chi connectivity index (χ0n) is 10.2. The molecule has 0 aliphatic heterocycles. The topological polar surface area (TPSA) is 43.1 Å². The highest BCUT2D eigenvalue weighted by Gasteiger charge is 2.13. The molecule has 0 aliphatic rings. The number of nitrogens with zero attached hydrogens (tertiary/aromatic N) is 1. The molecule has 0 saturated carbocycles. The summed E-state index contributed by atoms with van der Waals surface area (Å²) in [5.41, 5.74) is 2.07. The number of nitro benzene ring substituents is 1. The predicted octanol–water partition coefficient (Wildman–Crippen LogP) is 5.02. The van der Waals surface area contributed by atoms with E-state index in [2.05, 4.69) is 38.5 Å². The molecule has 0 aromatic heterocycles. The van der Waals surface area contributed by atoms with E-state index in [1.807, 2.05) is 0 Å². The standard InChI is InChI=1S/C14H10BrFINO2/c15-13(12-6-3-10(16)8-14(12)17)7-9-1-4-11(5-2-9)18(19)20/h1-6,8,13H,7H2. The molecule has 2 aromatic carbocycles. The van der Waals surface area contributed by atoms with E-state index in [0.29, 0.717) is 6.42 Å². The Morgan fingerprint density at radius 3 is 2.45 bits per heavy atom. The smallest absolute Gasteiger partial charge is 0.258 e. The Hall–Kier alpha value is -1.02. The molecule has 0 aliphatic carbocycles. The minimum atomic E-state index is -0.418. The first kappa shape index (κ1) is 15.4. The molecule has 20 heavy (non-hydrogen) atoms. The van der Waals surface area contributed by atoms with Crippen LogP contribution in [0.3, 0.4) is 0 Å². The maximum absolute atomic E-state index is 13.1. The lowest BCUT2D eigenvalue weighted by molar-refractivity contribution is -0.384. The second-order valence-corrected chi connectivity index (χ2v) is 6.53. The molecule has 2 aromatic rings. The van der Waals surface area contributed by atoms with Crippen LogP contribution >= 0.6 is 38.5 Å². The second-order valence-electron chi connectivity index (χ2n) is 4.26. The number of rotatable bonds is 4. The Labute approximate surface area is 137 Å². The van der Waals surface area contributed by atoms with E-state index in [4.69, 9.17) is 0 Å². The van der Waals surface area contributed by atoms with Gasteiger partial charge < -0.3 is 0 Å². The van der Waals surface area contributed by atoms with Crippen molar-refractivity contribution in [2.24, 2.45) is 0 Å². The van der Waals surface area contributed by atoms with Gasteiger partial charge in [0.25, 0.3) is 5.69 Å². The Morgan fingerprint density at radius 2 is 1.90 bits per heavy atom. The van der Waals surface area contributed by atoms with E-state index in [-0.39, 0.29) is 16.3 Å². The van der Waals surface area contributed by atoms with Gasteiger partial charge in [0, 0.05) is 20.5 Å². The lowest BCUT2D eigenvalue weighted by atomic mass is 10.0. The highest BCUT2D eigenvalue weighted by atomic mass is 127. The molecule has 0 radical (unpaired) electrons. The molecule has 0 bridgehead atoms. The predicted molar refractivity (Wildman–Crippen MR) is 87.6 cm³/mol. The summed E-state index contributed by atoms with van der Waals surface area (Å²) in [6, 6.07) is 11.1. The van der Waals surface area contributed by atoms with Crippen LogP contribution in [0, 0.1) is 19.5 Å². The van der Waals surface area contributed by atoms with Gasteiger partial charge >= 0.3 is 0 Å². The maximum atomic E-state index is 13.1. The van der Waals surface area contributed by atoms with Crippen LogP contribution < -0.4 is 0 Å². The lowest BCUT2D eigenvalue weighted by Crippen LogP contribution is -1.99. The summed E-state index contributed by atoms with van der Waals surface area (Å²) >= 11 is 5.68. The number of hydrogen-bond donors (Lipinski definition) is 0. The van der Waals surface area contributed by atoms with Crippen molar-refractivity contribution in [1.82, 2.24) is 0 Å². The van der Waals surface area contributed by atoms with Crippen LogP contribution in [0.1, 0.15) is 16.0 Å². The van der Waals surface area contributed by atoms with Crippen molar-refractivity contribution < 1.29 is 9.31 Å². The number of benzene rings is 2. The van der Waals surface area contributed by atoms with E-state index in [9.17, 15) is 14.5 Å². The van der Waals surface area contributed by atoms with Crippen LogP contribution in [0.15, 0.2) is 42.5 Å². The van der Waals surface area contributed by atoms with Crippen LogP contribution in [0.5, 0.6) is 0 Å². The van der Waals surface area contributed by atoms with Crippen LogP contribution in [0.25, 0.3) is 0 Å². The molecule has 1 unspecified atom stereocenters. The Morgan fingerprint density at radius 1 is 1.25 bits per heavy atom. The monoisotopic (exact) mass is 449 g/mol. The van der Waals surface area contributed by atoms with Crippen molar-refractivity contribution in [2.75, 3.05) is 0 Å². The largest absolute Gasteiger partial charge is 0.269 e. The Balaban J connectivity index is 2.14. The SMILES string of the molecule is O=[N+]([O-])c1ccc(CC(Br)c2ccc(F)cc2I)cc1. The molecule has 104 valence electrons. The second kappa shape index (κ2) is 6.62. The highest BCUT2D eigenvalue weighted by molar-refractivity contribution is 14.1. The van der Waals surface area contributed by atoms with E-state index in [1.165, 1.54) is 24.3 Å². The van der Waals surface area contributed by atoms with Gasteiger partial charge in [0.05, 0.1) is 4.92 Å². The van der Waals surface area contributed by atoms with E-state index in [0.717, 1.165) is 14.7 Å². The van der Waals surface area contributed by atoms with E-state index >= 15 is 0 Å². The van der Waals surface area contributed by atoms with Crippen molar-refractivity contribution in [3.8, 4) is 0 Å². The van der Waals surface area contributed by atoms with Gasteiger partial charge in [-0.15, -0.1) is 0 Å². The molecule has 0 spiro atoms. The fraction of sp³-hybridized carbons (Fsp3) is 0.143. The summed E-state index contributed by atoms with van der Waals surface area (Å²) in [5.74, 6) is -0.256. The van der Waals surface area contributed by atoms with Gasteiger partial charge in [-0.05, 0) is 52.3 Å². The van der Waals surface area contributed by atoms with Crippen molar-refractivity contribution in [3.63, 3.8) is 0 Å². The number of hydrogen-bond acceptors (Lipinski definition) is 2. The third kappa shape index (κ3) is 3.76. The molecule has 0 saturated heterocycles. The summed E-state index contributed by atoms with van der Waals surface area (Å²) in [5, 5.41) is 10.6. The summed E-state index contributed by atoms with van der Waals surface area (Å²) in [7, 11) is 0. The first-order valence-corrected chi connectivity index (χ1v) is 7.79. The van der Waals surface area contributed by atoms with Crippen LogP contribution in [0.4, 0.5) is 10.1 Å². The normalized spacial score (nSPS) is 12.2. The van der Waals surface area contributed by atoms with Crippen molar-refractivity contribution in [1.29, 1.82) is 0 Å². The third-order valence-corrected chi connectivity index (χ3v) is 4.61. The lowest BCUT2D eigenvalue weighted by Gasteiger charge is -2.12. The van der Waals surface area contributed by atoms with Crippen molar-refractivity contribution >= 4 is 44.2 Å².